The highest BCUT2D eigenvalue weighted by Gasteiger charge is 2.12. The molecule has 0 saturated heterocycles. The number of carboxylic acid groups (broad SMARTS) is 1. The summed E-state index contributed by atoms with van der Waals surface area (Å²) in [5.74, 6) is -1.72. The number of nitrogens with two attached hydrogens (primary N) is 1. The van der Waals surface area contributed by atoms with Crippen molar-refractivity contribution in [2.75, 3.05) is 11.5 Å². The lowest BCUT2D eigenvalue weighted by Crippen LogP contribution is -2.10. The summed E-state index contributed by atoms with van der Waals surface area (Å²) in [6.45, 7) is 0. The van der Waals surface area contributed by atoms with Crippen molar-refractivity contribution in [3.8, 4) is 0 Å². The number of nitrogen functional groups attached to an aromatic ring is 1. The minimum Gasteiger partial charge on any atom is -0.481 e. The van der Waals surface area contributed by atoms with Gasteiger partial charge >= 0.3 is 5.97 Å². The lowest BCUT2D eigenvalue weighted by Gasteiger charge is -1.90. The monoisotopic (exact) mass is 190 g/mol. The number of nitrogens with zero attached hydrogens (tertiary/aromatic N) is 2. The van der Waals surface area contributed by atoms with Gasteiger partial charge in [-0.25, -0.2) is 0 Å². The summed E-state index contributed by atoms with van der Waals surface area (Å²) in [7, 11) is -1.70. The zero-order chi connectivity index (χ0) is 9.14. The summed E-state index contributed by atoms with van der Waals surface area (Å²) < 4.78 is 11.0. The number of carbonyl (C=O) groups is 1. The number of hydrogen-bond donors (Lipinski definition) is 3. The van der Waals surface area contributed by atoms with Crippen LogP contribution in [0.2, 0.25) is 0 Å². The number of carboxylic acids is 1. The molecular weight excluding hydrogens is 184 g/mol. The Bertz CT molecular complexity index is 322. The van der Waals surface area contributed by atoms with E-state index in [0.717, 1.165) is 0 Å². The molecule has 0 saturated carbocycles. The van der Waals surface area contributed by atoms with Crippen molar-refractivity contribution in [3.63, 3.8) is 0 Å². The smallest absolute Gasteiger partial charge is 0.316 e. The molecule has 1 rings (SSSR count). The lowest BCUT2D eigenvalue weighted by atomic mass is 10.8. The Kier molecular flexibility index (Phi) is 2.38. The number of nitrogens with one attached hydrogen (secondary N) is 1. The van der Waals surface area contributed by atoms with Crippen molar-refractivity contribution in [3.05, 3.63) is 0 Å². The largest absolute Gasteiger partial charge is 0.481 e. The van der Waals surface area contributed by atoms with Crippen LogP contribution in [0.25, 0.3) is 0 Å². The molecule has 0 amide bonds. The van der Waals surface area contributed by atoms with Gasteiger partial charge in [0, 0.05) is 0 Å². The fourth-order valence-corrected chi connectivity index (χ4v) is 1.25. The van der Waals surface area contributed by atoms with Crippen molar-refractivity contribution < 1.29 is 14.1 Å². The summed E-state index contributed by atoms with van der Waals surface area (Å²) >= 11 is 0. The van der Waals surface area contributed by atoms with Gasteiger partial charge in [-0.3, -0.25) is 14.1 Å². The molecule has 0 fully saturated rings. The molecule has 0 spiro atoms. The number of rotatable bonds is 3. The fraction of sp³-hybridized carbons (Fsp3) is 0.250. The lowest BCUT2D eigenvalue weighted by molar-refractivity contribution is -0.133. The standard InChI is InChI=1S/C4H6N4O3S/c5-3-6-4(8-7-3)12(11)1-2(9)10/h1H2,(H,9,10)(H3,5,6,7,8). The predicted molar refractivity (Wildman–Crippen MR) is 39.7 cm³/mol. The van der Waals surface area contributed by atoms with Gasteiger partial charge in [-0.15, -0.1) is 5.10 Å². The molecular formula is C4H6N4O3S. The second-order valence-corrected chi connectivity index (χ2v) is 3.25. The Balaban J connectivity index is 2.72. The molecule has 7 nitrogen and oxygen atoms in total. The fourth-order valence-electron chi connectivity index (χ4n) is 0.541. The van der Waals surface area contributed by atoms with Crippen LogP contribution in [0.15, 0.2) is 5.16 Å². The van der Waals surface area contributed by atoms with E-state index < -0.39 is 22.5 Å². The minimum atomic E-state index is -1.70. The molecule has 8 heteroatoms. The Hall–Kier alpha value is -1.44. The van der Waals surface area contributed by atoms with Gasteiger partial charge in [0.15, 0.2) is 0 Å². The Labute approximate surface area is 69.4 Å². The molecule has 4 N–H and O–H groups in total. The van der Waals surface area contributed by atoms with Gasteiger partial charge < -0.3 is 10.8 Å². The molecule has 0 bridgehead atoms. The SMILES string of the molecule is Nc1n[nH]c(S(=O)CC(=O)O)n1. The summed E-state index contributed by atoms with van der Waals surface area (Å²) in [5.41, 5.74) is 5.11. The third-order valence-electron chi connectivity index (χ3n) is 0.952. The number of hydrogen-bond acceptors (Lipinski definition) is 5. The van der Waals surface area contributed by atoms with E-state index in [0.29, 0.717) is 0 Å². The first-order chi connectivity index (χ1) is 5.59. The average molecular weight is 190 g/mol. The molecule has 0 aliphatic heterocycles. The van der Waals surface area contributed by atoms with Gasteiger partial charge in [0.25, 0.3) is 0 Å². The van der Waals surface area contributed by atoms with E-state index in [9.17, 15) is 9.00 Å². The van der Waals surface area contributed by atoms with Crippen molar-refractivity contribution in [2.24, 2.45) is 0 Å². The van der Waals surface area contributed by atoms with E-state index in [1.807, 2.05) is 0 Å². The molecule has 1 unspecified atom stereocenters. The molecule has 0 radical (unpaired) electrons. The van der Waals surface area contributed by atoms with Crippen LogP contribution in [0.1, 0.15) is 0 Å². The maximum absolute atomic E-state index is 11.0. The first kappa shape index (κ1) is 8.65. The van der Waals surface area contributed by atoms with Crippen LogP contribution in [0.5, 0.6) is 0 Å². The van der Waals surface area contributed by atoms with Crippen LogP contribution in [-0.2, 0) is 15.6 Å². The number of aromatic nitrogens is 3. The zero-order valence-corrected chi connectivity index (χ0v) is 6.67. The van der Waals surface area contributed by atoms with E-state index in [1.54, 1.807) is 0 Å². The van der Waals surface area contributed by atoms with Crippen LogP contribution in [0, 0.1) is 0 Å². The van der Waals surface area contributed by atoms with Crippen LogP contribution >= 0.6 is 0 Å². The highest BCUT2D eigenvalue weighted by molar-refractivity contribution is 7.85. The normalized spacial score (nSPS) is 12.7. The van der Waals surface area contributed by atoms with Gasteiger partial charge in [-0.2, -0.15) is 4.98 Å². The van der Waals surface area contributed by atoms with Gasteiger partial charge in [0.2, 0.25) is 11.1 Å². The predicted octanol–water partition coefficient (Wildman–Crippen LogP) is -1.42. The number of aromatic amines is 1. The van der Waals surface area contributed by atoms with Gasteiger partial charge in [0.05, 0.1) is 0 Å². The molecule has 0 aliphatic carbocycles. The van der Waals surface area contributed by atoms with Crippen molar-refractivity contribution >= 4 is 22.7 Å². The maximum Gasteiger partial charge on any atom is 0.316 e. The zero-order valence-electron chi connectivity index (χ0n) is 5.85. The second kappa shape index (κ2) is 3.30. The third-order valence-corrected chi connectivity index (χ3v) is 2.08. The highest BCUT2D eigenvalue weighted by Crippen LogP contribution is 1.99. The van der Waals surface area contributed by atoms with Crippen molar-refractivity contribution in [1.82, 2.24) is 15.2 Å². The maximum atomic E-state index is 11.0. The van der Waals surface area contributed by atoms with E-state index in [2.05, 4.69) is 15.2 Å². The van der Waals surface area contributed by atoms with E-state index in [1.165, 1.54) is 0 Å². The van der Waals surface area contributed by atoms with E-state index in [-0.39, 0.29) is 11.1 Å². The van der Waals surface area contributed by atoms with Crippen LogP contribution < -0.4 is 5.73 Å². The average Bonchev–Trinajstić information content (AvgIpc) is 2.34. The van der Waals surface area contributed by atoms with Crippen LogP contribution in [-0.4, -0.2) is 36.2 Å². The summed E-state index contributed by atoms with van der Waals surface area (Å²) in [5, 5.41) is 13.9. The first-order valence-corrected chi connectivity index (χ1v) is 4.19. The summed E-state index contributed by atoms with van der Waals surface area (Å²) in [6.07, 6.45) is 0. The molecule has 0 aliphatic rings. The van der Waals surface area contributed by atoms with Crippen LogP contribution in [0.4, 0.5) is 5.95 Å². The Morgan fingerprint density at radius 2 is 2.42 bits per heavy atom. The molecule has 0 aromatic carbocycles. The van der Waals surface area contributed by atoms with Gasteiger partial charge in [-0.1, -0.05) is 0 Å². The molecule has 1 heterocycles. The quantitative estimate of drug-likeness (QED) is 0.537. The molecule has 1 atom stereocenters. The molecule has 1 aromatic heterocycles. The number of aliphatic carboxylic acids is 1. The van der Waals surface area contributed by atoms with Crippen molar-refractivity contribution in [1.29, 1.82) is 0 Å². The minimum absolute atomic E-state index is 0.0186. The summed E-state index contributed by atoms with van der Waals surface area (Å²) in [4.78, 5) is 13.6. The molecule has 66 valence electrons. The number of anilines is 1. The summed E-state index contributed by atoms with van der Waals surface area (Å²) in [6, 6.07) is 0. The molecule has 1 aromatic rings. The Morgan fingerprint density at radius 1 is 1.75 bits per heavy atom. The second-order valence-electron chi connectivity index (χ2n) is 1.88. The third kappa shape index (κ3) is 2.02. The van der Waals surface area contributed by atoms with Gasteiger partial charge in [0.1, 0.15) is 16.6 Å². The van der Waals surface area contributed by atoms with E-state index in [4.69, 9.17) is 10.8 Å². The Morgan fingerprint density at radius 3 is 2.83 bits per heavy atom. The van der Waals surface area contributed by atoms with Crippen molar-refractivity contribution in [2.45, 2.75) is 5.16 Å². The number of H-pyrrole nitrogens is 1. The van der Waals surface area contributed by atoms with Crippen LogP contribution in [0.3, 0.4) is 0 Å². The highest BCUT2D eigenvalue weighted by atomic mass is 32.2. The first-order valence-electron chi connectivity index (χ1n) is 2.87. The topological polar surface area (TPSA) is 122 Å². The molecule has 12 heavy (non-hydrogen) atoms. The van der Waals surface area contributed by atoms with Gasteiger partial charge in [-0.05, 0) is 0 Å². The van der Waals surface area contributed by atoms with E-state index >= 15 is 0 Å².